The third kappa shape index (κ3) is 8.77. The van der Waals surface area contributed by atoms with Crippen LogP contribution in [0.2, 0.25) is 0 Å². The normalized spacial score (nSPS) is 14.7. The third-order valence-corrected chi connectivity index (χ3v) is 2.01. The molecule has 0 aliphatic heterocycles. The lowest BCUT2D eigenvalue weighted by Gasteiger charge is -2.20. The van der Waals surface area contributed by atoms with Gasteiger partial charge in [0.2, 0.25) is 0 Å². The monoisotopic (exact) mass is 262 g/mol. The van der Waals surface area contributed by atoms with E-state index in [1.165, 1.54) is 0 Å². The van der Waals surface area contributed by atoms with Gasteiger partial charge in [-0.25, -0.2) is 4.79 Å². The average molecular weight is 262 g/mol. The van der Waals surface area contributed by atoms with Crippen LogP contribution in [0.4, 0.5) is 4.79 Å². The highest BCUT2D eigenvalue weighted by Crippen LogP contribution is 2.06. The van der Waals surface area contributed by atoms with Gasteiger partial charge in [0, 0.05) is 6.54 Å². The van der Waals surface area contributed by atoms with Crippen molar-refractivity contribution in [1.29, 1.82) is 0 Å². The fourth-order valence-corrected chi connectivity index (χ4v) is 1.11. The molecule has 5 N–H and O–H groups in total. The number of carboxylic acid groups (broad SMARTS) is 1. The molecule has 0 aromatic heterocycles. The van der Waals surface area contributed by atoms with E-state index in [-0.39, 0.29) is 19.4 Å². The van der Waals surface area contributed by atoms with E-state index >= 15 is 0 Å². The summed E-state index contributed by atoms with van der Waals surface area (Å²) >= 11 is 0. The van der Waals surface area contributed by atoms with Crippen molar-refractivity contribution < 1.29 is 24.5 Å². The number of nitrogens with two attached hydrogens (primary N) is 1. The molecule has 7 heteroatoms. The van der Waals surface area contributed by atoms with E-state index in [9.17, 15) is 14.7 Å². The Morgan fingerprint density at radius 2 is 1.89 bits per heavy atom. The zero-order chi connectivity index (χ0) is 14.3. The van der Waals surface area contributed by atoms with Crippen molar-refractivity contribution in [3.63, 3.8) is 0 Å². The number of aliphatic hydroxyl groups excluding tert-OH is 1. The number of nitrogens with one attached hydrogen (secondary N) is 1. The fourth-order valence-electron chi connectivity index (χ4n) is 1.11. The first-order valence-corrected chi connectivity index (χ1v) is 5.75. The van der Waals surface area contributed by atoms with E-state index in [0.29, 0.717) is 0 Å². The summed E-state index contributed by atoms with van der Waals surface area (Å²) < 4.78 is 4.97. The third-order valence-electron chi connectivity index (χ3n) is 2.01. The molecule has 0 saturated heterocycles. The number of carboxylic acids is 1. The molecule has 0 heterocycles. The number of aliphatic hydroxyl groups is 1. The first-order chi connectivity index (χ1) is 8.11. The number of hydrogen-bond donors (Lipinski definition) is 4. The Bertz CT molecular complexity index is 288. The summed E-state index contributed by atoms with van der Waals surface area (Å²) in [7, 11) is 0. The van der Waals surface area contributed by atoms with Crippen LogP contribution < -0.4 is 11.1 Å². The smallest absolute Gasteiger partial charge is 0.407 e. The van der Waals surface area contributed by atoms with Gasteiger partial charge in [0.15, 0.2) is 0 Å². The van der Waals surface area contributed by atoms with Crippen LogP contribution in [0.3, 0.4) is 0 Å². The summed E-state index contributed by atoms with van der Waals surface area (Å²) in [5.74, 6) is -1.11. The standard InChI is InChI=1S/C11H22N2O5/c1-11(2,3)18-10(17)13-6-7(14)4-5-8(12)9(15)16/h7-8,14H,4-6,12H2,1-3H3,(H,13,17)(H,15,16)/t7?,8-/m0/s1. The number of rotatable bonds is 6. The van der Waals surface area contributed by atoms with Crippen molar-refractivity contribution in [3.8, 4) is 0 Å². The number of ether oxygens (including phenoxy) is 1. The number of aliphatic carboxylic acids is 1. The van der Waals surface area contributed by atoms with E-state index < -0.39 is 29.8 Å². The molecule has 0 spiro atoms. The van der Waals surface area contributed by atoms with Crippen molar-refractivity contribution >= 4 is 12.1 Å². The van der Waals surface area contributed by atoms with Gasteiger partial charge < -0.3 is 26.0 Å². The summed E-state index contributed by atoms with van der Waals surface area (Å²) in [5, 5.41) is 20.4. The van der Waals surface area contributed by atoms with Crippen molar-refractivity contribution in [2.45, 2.75) is 51.4 Å². The van der Waals surface area contributed by atoms with Gasteiger partial charge >= 0.3 is 12.1 Å². The van der Waals surface area contributed by atoms with Gasteiger partial charge in [0.1, 0.15) is 11.6 Å². The summed E-state index contributed by atoms with van der Waals surface area (Å²) in [6, 6.07) is -0.999. The van der Waals surface area contributed by atoms with Crippen LogP contribution in [-0.4, -0.2) is 46.6 Å². The van der Waals surface area contributed by atoms with Crippen molar-refractivity contribution in [2.75, 3.05) is 6.54 Å². The van der Waals surface area contributed by atoms with Gasteiger partial charge in [0.25, 0.3) is 0 Å². The maximum absolute atomic E-state index is 11.2. The molecule has 2 atom stereocenters. The molecular formula is C11H22N2O5. The van der Waals surface area contributed by atoms with Crippen LogP contribution in [0.15, 0.2) is 0 Å². The molecular weight excluding hydrogens is 240 g/mol. The number of carbonyl (C=O) groups excluding carboxylic acids is 1. The fraction of sp³-hybridized carbons (Fsp3) is 0.818. The minimum Gasteiger partial charge on any atom is -0.480 e. The molecule has 0 rings (SSSR count). The topological polar surface area (TPSA) is 122 Å². The van der Waals surface area contributed by atoms with Gasteiger partial charge in [-0.1, -0.05) is 0 Å². The van der Waals surface area contributed by atoms with Gasteiger partial charge in [-0.15, -0.1) is 0 Å². The highest BCUT2D eigenvalue weighted by Gasteiger charge is 2.18. The Labute approximate surface area is 106 Å². The molecule has 0 bridgehead atoms. The SMILES string of the molecule is CC(C)(C)OC(=O)NCC(O)CC[C@H](N)C(=O)O. The van der Waals surface area contributed by atoms with Crippen LogP contribution in [-0.2, 0) is 9.53 Å². The highest BCUT2D eigenvalue weighted by molar-refractivity contribution is 5.72. The molecule has 0 aliphatic carbocycles. The molecule has 0 radical (unpaired) electrons. The number of alkyl carbamates (subject to hydrolysis) is 1. The predicted molar refractivity (Wildman–Crippen MR) is 65.1 cm³/mol. The molecule has 0 aromatic carbocycles. The lowest BCUT2D eigenvalue weighted by Crippen LogP contribution is -2.38. The molecule has 1 amide bonds. The van der Waals surface area contributed by atoms with Gasteiger partial charge in [-0.2, -0.15) is 0 Å². The zero-order valence-corrected chi connectivity index (χ0v) is 11.0. The van der Waals surface area contributed by atoms with Gasteiger partial charge in [-0.3, -0.25) is 4.79 Å². The molecule has 0 fully saturated rings. The summed E-state index contributed by atoms with van der Waals surface area (Å²) in [6.45, 7) is 5.19. The number of amides is 1. The molecule has 7 nitrogen and oxygen atoms in total. The molecule has 0 saturated carbocycles. The van der Waals surface area contributed by atoms with E-state index in [1.54, 1.807) is 20.8 Å². The molecule has 0 aromatic rings. The second-order valence-electron chi connectivity index (χ2n) is 5.06. The van der Waals surface area contributed by atoms with Crippen molar-refractivity contribution in [2.24, 2.45) is 5.73 Å². The molecule has 0 aliphatic rings. The van der Waals surface area contributed by atoms with E-state index in [2.05, 4.69) is 5.32 Å². The quantitative estimate of drug-likeness (QED) is 0.537. The van der Waals surface area contributed by atoms with Gasteiger partial charge in [-0.05, 0) is 33.6 Å². The second-order valence-corrected chi connectivity index (χ2v) is 5.06. The van der Waals surface area contributed by atoms with Crippen LogP contribution in [0.1, 0.15) is 33.6 Å². The van der Waals surface area contributed by atoms with E-state index in [0.717, 1.165) is 0 Å². The number of carbonyl (C=O) groups is 2. The van der Waals surface area contributed by atoms with Crippen molar-refractivity contribution in [3.05, 3.63) is 0 Å². The maximum Gasteiger partial charge on any atom is 0.407 e. The maximum atomic E-state index is 11.2. The first kappa shape index (κ1) is 16.7. The van der Waals surface area contributed by atoms with Crippen molar-refractivity contribution in [1.82, 2.24) is 5.32 Å². The highest BCUT2D eigenvalue weighted by atomic mass is 16.6. The van der Waals surface area contributed by atoms with Crippen LogP contribution in [0, 0.1) is 0 Å². The van der Waals surface area contributed by atoms with Crippen LogP contribution in [0.5, 0.6) is 0 Å². The molecule has 1 unspecified atom stereocenters. The lowest BCUT2D eigenvalue weighted by molar-refractivity contribution is -0.138. The number of hydrogen-bond acceptors (Lipinski definition) is 5. The lowest BCUT2D eigenvalue weighted by atomic mass is 10.1. The Morgan fingerprint density at radius 1 is 1.33 bits per heavy atom. The Kier molecular flexibility index (Phi) is 6.64. The summed E-state index contributed by atoms with van der Waals surface area (Å²) in [4.78, 5) is 21.7. The molecule has 18 heavy (non-hydrogen) atoms. The van der Waals surface area contributed by atoms with E-state index in [1.807, 2.05) is 0 Å². The van der Waals surface area contributed by atoms with Crippen LogP contribution >= 0.6 is 0 Å². The molecule has 106 valence electrons. The Morgan fingerprint density at radius 3 is 2.33 bits per heavy atom. The Hall–Kier alpha value is -1.34. The summed E-state index contributed by atoms with van der Waals surface area (Å²) in [5.41, 5.74) is 4.68. The van der Waals surface area contributed by atoms with E-state index in [4.69, 9.17) is 15.6 Å². The Balaban J connectivity index is 3.80. The largest absolute Gasteiger partial charge is 0.480 e. The average Bonchev–Trinajstić information content (AvgIpc) is 2.20. The minimum atomic E-state index is -1.11. The minimum absolute atomic E-state index is 0.00124. The zero-order valence-electron chi connectivity index (χ0n) is 11.0. The van der Waals surface area contributed by atoms with Crippen LogP contribution in [0.25, 0.3) is 0 Å². The summed E-state index contributed by atoms with van der Waals surface area (Å²) in [6.07, 6.45) is -1.12. The first-order valence-electron chi connectivity index (χ1n) is 5.75. The second kappa shape index (κ2) is 7.17. The van der Waals surface area contributed by atoms with Gasteiger partial charge in [0.05, 0.1) is 6.10 Å². The predicted octanol–water partition coefficient (Wildman–Crippen LogP) is 0.0641.